The lowest BCUT2D eigenvalue weighted by Crippen LogP contribution is -2.46. The van der Waals surface area contributed by atoms with Gasteiger partial charge in [-0.25, -0.2) is 0 Å². The summed E-state index contributed by atoms with van der Waals surface area (Å²) >= 11 is 0. The van der Waals surface area contributed by atoms with Crippen molar-refractivity contribution in [2.45, 2.75) is 31.8 Å². The zero-order valence-corrected chi connectivity index (χ0v) is 15.2. The van der Waals surface area contributed by atoms with E-state index in [2.05, 4.69) is 11.4 Å². The Kier molecular flexibility index (Phi) is 5.21. The summed E-state index contributed by atoms with van der Waals surface area (Å²) in [5.74, 6) is -0.713. The van der Waals surface area contributed by atoms with E-state index in [1.165, 1.54) is 29.8 Å². The van der Waals surface area contributed by atoms with Crippen LogP contribution in [0.3, 0.4) is 0 Å². The molecule has 7 nitrogen and oxygen atoms in total. The summed E-state index contributed by atoms with van der Waals surface area (Å²) in [6.45, 7) is 1.62. The van der Waals surface area contributed by atoms with Gasteiger partial charge in [-0.15, -0.1) is 0 Å². The highest BCUT2D eigenvalue weighted by Gasteiger charge is 2.31. The molecule has 1 aliphatic carbocycles. The van der Waals surface area contributed by atoms with Gasteiger partial charge in [-0.3, -0.25) is 19.7 Å². The number of hydrogen-bond donors (Lipinski definition) is 1. The number of carbonyl (C=O) groups excluding carboxylic acids is 2. The van der Waals surface area contributed by atoms with Crippen LogP contribution >= 0.6 is 0 Å². The minimum atomic E-state index is -0.741. The predicted octanol–water partition coefficient (Wildman–Crippen LogP) is 2.86. The molecule has 0 saturated carbocycles. The fourth-order valence-electron chi connectivity index (χ4n) is 3.50. The highest BCUT2D eigenvalue weighted by Crippen LogP contribution is 2.35. The predicted molar refractivity (Wildman–Crippen MR) is 100 cm³/mol. The van der Waals surface area contributed by atoms with Crippen LogP contribution in [0.1, 0.15) is 40.9 Å². The second-order valence-corrected chi connectivity index (χ2v) is 6.71. The first-order valence-electron chi connectivity index (χ1n) is 8.78. The Labute approximate surface area is 157 Å². The highest BCUT2D eigenvalue weighted by molar-refractivity contribution is 5.97. The number of fused-ring (bicyclic) bond motifs is 1. The summed E-state index contributed by atoms with van der Waals surface area (Å²) in [6.07, 6.45) is 1.78. The summed E-state index contributed by atoms with van der Waals surface area (Å²) in [5.41, 5.74) is 2.38. The van der Waals surface area contributed by atoms with Gasteiger partial charge in [0.05, 0.1) is 11.0 Å². The molecule has 2 atom stereocenters. The minimum absolute atomic E-state index is 0.00846. The number of rotatable bonds is 5. The molecule has 1 aliphatic rings. The lowest BCUT2D eigenvalue weighted by Gasteiger charge is -2.28. The Hall–Kier alpha value is -3.22. The molecule has 7 heteroatoms. The number of non-ortho nitro benzene ring substituents is 1. The van der Waals surface area contributed by atoms with Crippen molar-refractivity contribution in [3.05, 3.63) is 75.3 Å². The van der Waals surface area contributed by atoms with Crippen molar-refractivity contribution in [3.8, 4) is 0 Å². The molecule has 1 N–H and O–H groups in total. The van der Waals surface area contributed by atoms with E-state index in [-0.39, 0.29) is 23.2 Å². The summed E-state index contributed by atoms with van der Waals surface area (Å²) in [6, 6.07) is 12.7. The second kappa shape index (κ2) is 7.57. The summed E-state index contributed by atoms with van der Waals surface area (Å²) in [7, 11) is 1.74. The SMILES string of the molecule is C[C@@H](NC(=O)c1cccc([N+](=O)[O-])c1)C(=O)N(C)[C@H]1CCc2ccccc21. The van der Waals surface area contributed by atoms with Crippen LogP contribution in [0.15, 0.2) is 48.5 Å². The van der Waals surface area contributed by atoms with Gasteiger partial charge in [0.15, 0.2) is 0 Å². The Morgan fingerprint density at radius 2 is 1.96 bits per heavy atom. The molecule has 140 valence electrons. The zero-order valence-electron chi connectivity index (χ0n) is 15.2. The molecule has 0 fully saturated rings. The smallest absolute Gasteiger partial charge is 0.270 e. The molecule has 2 aromatic rings. The molecule has 0 heterocycles. The maximum absolute atomic E-state index is 12.8. The van der Waals surface area contributed by atoms with E-state index < -0.39 is 16.9 Å². The van der Waals surface area contributed by atoms with Gasteiger partial charge in [0.25, 0.3) is 11.6 Å². The van der Waals surface area contributed by atoms with Gasteiger partial charge in [-0.1, -0.05) is 30.3 Å². The minimum Gasteiger partial charge on any atom is -0.341 e. The second-order valence-electron chi connectivity index (χ2n) is 6.71. The van der Waals surface area contributed by atoms with Crippen LogP contribution < -0.4 is 5.32 Å². The first-order valence-corrected chi connectivity index (χ1v) is 8.78. The fraction of sp³-hybridized carbons (Fsp3) is 0.300. The number of benzene rings is 2. The fourth-order valence-corrected chi connectivity index (χ4v) is 3.50. The largest absolute Gasteiger partial charge is 0.341 e. The Morgan fingerprint density at radius 3 is 2.70 bits per heavy atom. The number of carbonyl (C=O) groups is 2. The van der Waals surface area contributed by atoms with E-state index in [4.69, 9.17) is 0 Å². The molecule has 0 radical (unpaired) electrons. The number of hydrogen-bond acceptors (Lipinski definition) is 4. The van der Waals surface area contributed by atoms with Gasteiger partial charge in [0.1, 0.15) is 6.04 Å². The molecule has 0 spiro atoms. The lowest BCUT2D eigenvalue weighted by molar-refractivity contribution is -0.384. The van der Waals surface area contributed by atoms with Crippen molar-refractivity contribution in [3.63, 3.8) is 0 Å². The van der Waals surface area contributed by atoms with E-state index in [1.807, 2.05) is 18.2 Å². The van der Waals surface area contributed by atoms with Crippen molar-refractivity contribution in [2.75, 3.05) is 7.05 Å². The van der Waals surface area contributed by atoms with E-state index in [9.17, 15) is 19.7 Å². The van der Waals surface area contributed by atoms with Crippen molar-refractivity contribution < 1.29 is 14.5 Å². The average Bonchev–Trinajstić information content (AvgIpc) is 3.10. The van der Waals surface area contributed by atoms with Crippen LogP contribution in [0, 0.1) is 10.1 Å². The van der Waals surface area contributed by atoms with Gasteiger partial charge in [0.2, 0.25) is 5.91 Å². The van der Waals surface area contributed by atoms with Crippen molar-refractivity contribution in [1.29, 1.82) is 0 Å². The first kappa shape index (κ1) is 18.6. The average molecular weight is 367 g/mol. The molecule has 2 aromatic carbocycles. The van der Waals surface area contributed by atoms with E-state index in [1.54, 1.807) is 18.9 Å². The molecule has 0 aromatic heterocycles. The van der Waals surface area contributed by atoms with Crippen LogP contribution in [0.5, 0.6) is 0 Å². The Balaban J connectivity index is 1.68. The zero-order chi connectivity index (χ0) is 19.6. The quantitative estimate of drug-likeness (QED) is 0.650. The summed E-state index contributed by atoms with van der Waals surface area (Å²) in [5, 5.41) is 13.5. The van der Waals surface area contributed by atoms with Crippen molar-refractivity contribution in [1.82, 2.24) is 10.2 Å². The number of aryl methyl sites for hydroxylation is 1. The Bertz CT molecular complexity index is 896. The molecule has 0 aliphatic heterocycles. The molecule has 3 rings (SSSR count). The molecule has 27 heavy (non-hydrogen) atoms. The maximum Gasteiger partial charge on any atom is 0.270 e. The van der Waals surface area contributed by atoms with Crippen molar-refractivity contribution in [2.24, 2.45) is 0 Å². The maximum atomic E-state index is 12.8. The number of nitrogens with zero attached hydrogens (tertiary/aromatic N) is 2. The molecule has 2 amide bonds. The highest BCUT2D eigenvalue weighted by atomic mass is 16.6. The third kappa shape index (κ3) is 3.81. The van der Waals surface area contributed by atoms with Crippen LogP contribution in [0.25, 0.3) is 0 Å². The van der Waals surface area contributed by atoms with Crippen LogP contribution in [-0.2, 0) is 11.2 Å². The summed E-state index contributed by atoms with van der Waals surface area (Å²) < 4.78 is 0. The monoisotopic (exact) mass is 367 g/mol. The topological polar surface area (TPSA) is 92.5 Å². The normalized spacial score (nSPS) is 16.3. The van der Waals surface area contributed by atoms with Gasteiger partial charge >= 0.3 is 0 Å². The number of amides is 2. The third-order valence-corrected chi connectivity index (χ3v) is 4.95. The molecular weight excluding hydrogens is 346 g/mol. The third-order valence-electron chi connectivity index (χ3n) is 4.95. The number of nitrogens with one attached hydrogen (secondary N) is 1. The first-order chi connectivity index (χ1) is 12.9. The van der Waals surface area contributed by atoms with Crippen LogP contribution in [0.2, 0.25) is 0 Å². The van der Waals surface area contributed by atoms with E-state index in [0.29, 0.717) is 0 Å². The van der Waals surface area contributed by atoms with Gasteiger partial charge < -0.3 is 10.2 Å². The van der Waals surface area contributed by atoms with Crippen LogP contribution in [-0.4, -0.2) is 34.7 Å². The van der Waals surface area contributed by atoms with Gasteiger partial charge in [0, 0.05) is 24.7 Å². The molecule has 0 unspecified atom stereocenters. The number of likely N-dealkylation sites (N-methyl/N-ethyl adjacent to an activating group) is 1. The van der Waals surface area contributed by atoms with Gasteiger partial charge in [-0.05, 0) is 37.0 Å². The molecule has 0 saturated heterocycles. The Morgan fingerprint density at radius 1 is 1.22 bits per heavy atom. The van der Waals surface area contributed by atoms with Crippen molar-refractivity contribution >= 4 is 17.5 Å². The molecule has 0 bridgehead atoms. The molecular formula is C20H21N3O4. The van der Waals surface area contributed by atoms with Gasteiger partial charge in [-0.2, -0.15) is 0 Å². The lowest BCUT2D eigenvalue weighted by atomic mass is 10.1. The summed E-state index contributed by atoms with van der Waals surface area (Å²) in [4.78, 5) is 37.1. The van der Waals surface area contributed by atoms with E-state index >= 15 is 0 Å². The number of nitro benzene ring substituents is 1. The van der Waals surface area contributed by atoms with E-state index in [0.717, 1.165) is 18.4 Å². The number of nitro groups is 1. The standard InChI is InChI=1S/C20H21N3O4/c1-13(21-19(24)15-7-5-8-16(12-15)23(26)27)20(25)22(2)18-11-10-14-6-3-4-9-17(14)18/h3-9,12-13,18H,10-11H2,1-2H3,(H,21,24)/t13-,18+/m1/s1. The van der Waals surface area contributed by atoms with Crippen LogP contribution in [0.4, 0.5) is 5.69 Å².